The summed E-state index contributed by atoms with van der Waals surface area (Å²) in [6, 6.07) is -0.745. The molecular formula is C13H21N3O3S. The number of carbonyl (C=O) groups excluding carboxylic acids is 1. The highest BCUT2D eigenvalue weighted by atomic mass is 32.1. The SMILES string of the molecule is CCC(CC)(NC(=O)NC(C)c1ncc(C)s1)C(=O)O. The molecule has 1 unspecified atom stereocenters. The minimum absolute atomic E-state index is 0.256. The summed E-state index contributed by atoms with van der Waals surface area (Å²) in [6.07, 6.45) is 2.41. The van der Waals surface area contributed by atoms with Crippen LogP contribution in [-0.4, -0.2) is 27.6 Å². The number of urea groups is 1. The minimum Gasteiger partial charge on any atom is -0.480 e. The van der Waals surface area contributed by atoms with Gasteiger partial charge in [-0.1, -0.05) is 13.8 Å². The molecule has 0 aliphatic heterocycles. The average molecular weight is 299 g/mol. The maximum absolute atomic E-state index is 12.0. The standard InChI is InChI=1S/C13H21N3O3S/c1-5-13(6-2,11(17)18)16-12(19)15-9(4)10-14-7-8(3)20-10/h7,9H,5-6H2,1-4H3,(H,17,18)(H2,15,16,19). The van der Waals surface area contributed by atoms with Crippen LogP contribution in [0.5, 0.6) is 0 Å². The highest BCUT2D eigenvalue weighted by Crippen LogP contribution is 2.19. The number of aryl methyl sites for hydroxylation is 1. The number of carboxylic acids is 1. The van der Waals surface area contributed by atoms with Gasteiger partial charge in [0.2, 0.25) is 0 Å². The Morgan fingerprint density at radius 3 is 2.45 bits per heavy atom. The Labute approximate surface area is 122 Å². The van der Waals surface area contributed by atoms with E-state index in [9.17, 15) is 14.7 Å². The zero-order valence-corrected chi connectivity index (χ0v) is 13.0. The molecule has 6 nitrogen and oxygen atoms in total. The van der Waals surface area contributed by atoms with Crippen LogP contribution >= 0.6 is 11.3 Å². The number of aromatic nitrogens is 1. The second kappa shape index (κ2) is 6.69. The first-order chi connectivity index (χ1) is 9.34. The molecule has 0 radical (unpaired) electrons. The van der Waals surface area contributed by atoms with Crippen molar-refractivity contribution in [3.05, 3.63) is 16.1 Å². The van der Waals surface area contributed by atoms with Gasteiger partial charge in [0.25, 0.3) is 0 Å². The van der Waals surface area contributed by atoms with Crippen molar-refractivity contribution in [2.75, 3.05) is 0 Å². The number of thiazole rings is 1. The maximum atomic E-state index is 12.0. The fourth-order valence-corrected chi connectivity index (χ4v) is 2.64. The van der Waals surface area contributed by atoms with E-state index in [2.05, 4.69) is 15.6 Å². The number of nitrogens with zero attached hydrogens (tertiary/aromatic N) is 1. The third kappa shape index (κ3) is 3.69. The summed E-state index contributed by atoms with van der Waals surface area (Å²) in [5.74, 6) is -1.02. The van der Waals surface area contributed by atoms with Crippen molar-refractivity contribution in [2.24, 2.45) is 0 Å². The molecule has 20 heavy (non-hydrogen) atoms. The van der Waals surface area contributed by atoms with Gasteiger partial charge in [0.05, 0.1) is 6.04 Å². The van der Waals surface area contributed by atoms with Crippen molar-refractivity contribution in [1.82, 2.24) is 15.6 Å². The maximum Gasteiger partial charge on any atom is 0.329 e. The molecule has 1 aromatic heterocycles. The van der Waals surface area contributed by atoms with Crippen molar-refractivity contribution >= 4 is 23.3 Å². The largest absolute Gasteiger partial charge is 0.480 e. The number of carboxylic acid groups (broad SMARTS) is 1. The van der Waals surface area contributed by atoms with Gasteiger partial charge < -0.3 is 15.7 Å². The molecule has 0 spiro atoms. The van der Waals surface area contributed by atoms with Crippen LogP contribution in [0.15, 0.2) is 6.20 Å². The van der Waals surface area contributed by atoms with Crippen LogP contribution in [0.1, 0.15) is 49.5 Å². The molecule has 0 fully saturated rings. The van der Waals surface area contributed by atoms with Crippen LogP contribution in [0.3, 0.4) is 0 Å². The summed E-state index contributed by atoms with van der Waals surface area (Å²) in [6.45, 7) is 7.24. The zero-order valence-electron chi connectivity index (χ0n) is 12.2. The first-order valence-electron chi connectivity index (χ1n) is 6.59. The number of rotatable bonds is 6. The molecule has 0 aliphatic rings. The van der Waals surface area contributed by atoms with Crippen LogP contribution in [0.2, 0.25) is 0 Å². The molecular weight excluding hydrogens is 278 g/mol. The summed E-state index contributed by atoms with van der Waals surface area (Å²) in [7, 11) is 0. The Hall–Kier alpha value is -1.63. The third-order valence-corrected chi connectivity index (χ3v) is 4.42. The van der Waals surface area contributed by atoms with E-state index in [1.54, 1.807) is 20.0 Å². The number of hydrogen-bond donors (Lipinski definition) is 3. The van der Waals surface area contributed by atoms with Gasteiger partial charge in [-0.05, 0) is 26.7 Å². The second-order valence-electron chi connectivity index (χ2n) is 4.72. The monoisotopic (exact) mass is 299 g/mol. The smallest absolute Gasteiger partial charge is 0.329 e. The van der Waals surface area contributed by atoms with Crippen LogP contribution in [-0.2, 0) is 4.79 Å². The summed E-state index contributed by atoms with van der Waals surface area (Å²) >= 11 is 1.50. The highest BCUT2D eigenvalue weighted by molar-refractivity contribution is 7.11. The fourth-order valence-electron chi connectivity index (χ4n) is 1.87. The Morgan fingerprint density at radius 2 is 2.05 bits per heavy atom. The minimum atomic E-state index is -1.22. The lowest BCUT2D eigenvalue weighted by atomic mass is 9.93. The number of carbonyl (C=O) groups is 2. The number of hydrogen-bond acceptors (Lipinski definition) is 4. The van der Waals surface area contributed by atoms with Gasteiger partial charge in [0, 0.05) is 11.1 Å². The zero-order chi connectivity index (χ0) is 15.3. The number of nitrogens with one attached hydrogen (secondary N) is 2. The van der Waals surface area contributed by atoms with E-state index in [-0.39, 0.29) is 6.04 Å². The number of amides is 2. The van der Waals surface area contributed by atoms with E-state index in [1.807, 2.05) is 13.8 Å². The molecule has 1 heterocycles. The lowest BCUT2D eigenvalue weighted by Gasteiger charge is -2.28. The summed E-state index contributed by atoms with van der Waals surface area (Å²) in [5.41, 5.74) is -1.22. The van der Waals surface area contributed by atoms with Crippen molar-refractivity contribution in [1.29, 1.82) is 0 Å². The summed E-state index contributed by atoms with van der Waals surface area (Å²) in [4.78, 5) is 28.6. The van der Waals surface area contributed by atoms with Gasteiger partial charge in [-0.15, -0.1) is 11.3 Å². The van der Waals surface area contributed by atoms with Gasteiger partial charge in [0.1, 0.15) is 10.5 Å². The molecule has 0 bridgehead atoms. The first-order valence-corrected chi connectivity index (χ1v) is 7.40. The summed E-state index contributed by atoms with van der Waals surface area (Å²) in [5, 5.41) is 15.4. The Kier molecular flexibility index (Phi) is 5.50. The predicted octanol–water partition coefficient (Wildman–Crippen LogP) is 2.46. The van der Waals surface area contributed by atoms with Gasteiger partial charge in [-0.2, -0.15) is 0 Å². The van der Waals surface area contributed by atoms with Crippen LogP contribution in [0.25, 0.3) is 0 Å². The predicted molar refractivity (Wildman–Crippen MR) is 77.9 cm³/mol. The molecule has 1 aromatic rings. The van der Waals surface area contributed by atoms with E-state index in [1.165, 1.54) is 11.3 Å². The molecule has 0 aromatic carbocycles. The lowest BCUT2D eigenvalue weighted by molar-refractivity contribution is -0.144. The van der Waals surface area contributed by atoms with E-state index in [0.29, 0.717) is 12.8 Å². The molecule has 3 N–H and O–H groups in total. The normalized spacial score (nSPS) is 12.8. The molecule has 2 amide bonds. The number of aliphatic carboxylic acids is 1. The molecule has 0 saturated heterocycles. The van der Waals surface area contributed by atoms with Crippen LogP contribution in [0.4, 0.5) is 4.79 Å². The topological polar surface area (TPSA) is 91.3 Å². The Morgan fingerprint density at radius 1 is 1.45 bits per heavy atom. The molecule has 0 saturated carbocycles. The van der Waals surface area contributed by atoms with Crippen LogP contribution < -0.4 is 10.6 Å². The van der Waals surface area contributed by atoms with Crippen molar-refractivity contribution in [2.45, 2.75) is 52.1 Å². The Balaban J connectivity index is 2.69. The molecule has 7 heteroatoms. The van der Waals surface area contributed by atoms with Crippen LogP contribution in [0, 0.1) is 6.92 Å². The quantitative estimate of drug-likeness (QED) is 0.752. The molecule has 1 rings (SSSR count). The van der Waals surface area contributed by atoms with E-state index in [4.69, 9.17) is 0 Å². The Bertz CT molecular complexity index is 483. The van der Waals surface area contributed by atoms with Gasteiger partial charge in [-0.3, -0.25) is 0 Å². The van der Waals surface area contributed by atoms with E-state index < -0.39 is 17.5 Å². The first kappa shape index (κ1) is 16.4. The molecule has 1 atom stereocenters. The fraction of sp³-hybridized carbons (Fsp3) is 0.615. The molecule has 0 aliphatic carbocycles. The van der Waals surface area contributed by atoms with Crippen molar-refractivity contribution < 1.29 is 14.7 Å². The highest BCUT2D eigenvalue weighted by Gasteiger charge is 2.36. The van der Waals surface area contributed by atoms with E-state index >= 15 is 0 Å². The second-order valence-corrected chi connectivity index (χ2v) is 5.99. The average Bonchev–Trinajstić information content (AvgIpc) is 2.82. The van der Waals surface area contributed by atoms with E-state index in [0.717, 1.165) is 9.88 Å². The van der Waals surface area contributed by atoms with Crippen molar-refractivity contribution in [3.63, 3.8) is 0 Å². The van der Waals surface area contributed by atoms with Gasteiger partial charge in [-0.25, -0.2) is 14.6 Å². The van der Waals surface area contributed by atoms with Gasteiger partial charge in [0.15, 0.2) is 0 Å². The molecule has 112 valence electrons. The van der Waals surface area contributed by atoms with Crippen molar-refractivity contribution in [3.8, 4) is 0 Å². The third-order valence-electron chi connectivity index (χ3n) is 3.33. The lowest BCUT2D eigenvalue weighted by Crippen LogP contribution is -2.56. The van der Waals surface area contributed by atoms with Gasteiger partial charge >= 0.3 is 12.0 Å². The summed E-state index contributed by atoms with van der Waals surface area (Å²) < 4.78 is 0.